The molecule has 0 unspecified atom stereocenters. The molecule has 1 heterocycles. The van der Waals surface area contributed by atoms with E-state index >= 15 is 0 Å². The van der Waals surface area contributed by atoms with E-state index in [-0.39, 0.29) is 24.4 Å². The maximum absolute atomic E-state index is 12.0. The van der Waals surface area contributed by atoms with Gasteiger partial charge in [0.25, 0.3) is 11.6 Å². The summed E-state index contributed by atoms with van der Waals surface area (Å²) in [7, 11) is 0. The Bertz CT molecular complexity index is 932. The lowest BCUT2D eigenvalue weighted by Gasteiger charge is -2.19. The van der Waals surface area contributed by atoms with E-state index < -0.39 is 16.8 Å². The molecule has 2 aromatic carbocycles. The Labute approximate surface area is 167 Å². The molecular formula is C18H15BrN2O7. The molecule has 28 heavy (non-hydrogen) atoms. The Morgan fingerprint density at radius 2 is 1.89 bits per heavy atom. The first-order chi connectivity index (χ1) is 13.4. The van der Waals surface area contributed by atoms with Crippen molar-refractivity contribution in [3.05, 3.63) is 62.1 Å². The number of nitro benzene ring substituents is 1. The normalized spacial score (nSPS) is 12.2. The number of nitrogens with one attached hydrogen (secondary N) is 1. The van der Waals surface area contributed by atoms with E-state index in [9.17, 15) is 19.7 Å². The third kappa shape index (κ3) is 4.77. The first-order valence-corrected chi connectivity index (χ1v) is 8.99. The number of rotatable bonds is 6. The number of fused-ring (bicyclic) bond motifs is 1. The van der Waals surface area contributed by atoms with E-state index in [1.165, 1.54) is 18.2 Å². The number of non-ortho nitro benzene ring substituents is 1. The van der Waals surface area contributed by atoms with Crippen LogP contribution in [0.2, 0.25) is 0 Å². The Balaban J connectivity index is 1.53. The van der Waals surface area contributed by atoms with Crippen molar-refractivity contribution in [3.8, 4) is 11.5 Å². The lowest BCUT2D eigenvalue weighted by molar-refractivity contribution is -0.384. The van der Waals surface area contributed by atoms with Gasteiger partial charge < -0.3 is 19.5 Å². The summed E-state index contributed by atoms with van der Waals surface area (Å²) in [5, 5.41) is 13.1. The van der Waals surface area contributed by atoms with Gasteiger partial charge in [0.05, 0.1) is 4.92 Å². The summed E-state index contributed by atoms with van der Waals surface area (Å²) in [6.45, 7) is 0.516. The Morgan fingerprint density at radius 3 is 2.61 bits per heavy atom. The molecule has 0 saturated heterocycles. The summed E-state index contributed by atoms with van der Waals surface area (Å²) >= 11 is 3.39. The second kappa shape index (κ2) is 8.70. The van der Waals surface area contributed by atoms with Crippen molar-refractivity contribution in [2.45, 2.75) is 6.61 Å². The van der Waals surface area contributed by atoms with Crippen LogP contribution in [0.4, 0.5) is 5.69 Å². The molecule has 0 saturated carbocycles. The molecule has 1 amide bonds. The number of ether oxygens (including phenoxy) is 3. The van der Waals surface area contributed by atoms with Crippen LogP contribution in [0.5, 0.6) is 11.5 Å². The number of hydrogen-bond acceptors (Lipinski definition) is 7. The van der Waals surface area contributed by atoms with Gasteiger partial charge in [-0.15, -0.1) is 0 Å². The van der Waals surface area contributed by atoms with E-state index in [0.717, 1.165) is 6.07 Å². The molecule has 10 heteroatoms. The third-order valence-electron chi connectivity index (χ3n) is 3.81. The fourth-order valence-corrected chi connectivity index (χ4v) is 2.88. The molecule has 0 spiro atoms. The zero-order chi connectivity index (χ0) is 20.1. The van der Waals surface area contributed by atoms with E-state index in [4.69, 9.17) is 14.2 Å². The van der Waals surface area contributed by atoms with Crippen LogP contribution < -0.4 is 14.8 Å². The van der Waals surface area contributed by atoms with Crippen LogP contribution in [0, 0.1) is 10.1 Å². The van der Waals surface area contributed by atoms with Crippen LogP contribution in [0.3, 0.4) is 0 Å². The molecule has 0 aromatic heterocycles. The molecule has 0 fully saturated rings. The number of esters is 1. The molecule has 3 rings (SSSR count). The largest absolute Gasteiger partial charge is 0.486 e. The fourth-order valence-electron chi connectivity index (χ4n) is 2.44. The second-order valence-electron chi connectivity index (χ2n) is 5.74. The topological polar surface area (TPSA) is 117 Å². The van der Waals surface area contributed by atoms with Crippen LogP contribution in [0.25, 0.3) is 0 Å². The standard InChI is InChI=1S/C18H15BrN2O7/c19-14-8-16-15(26-4-5-27-16)7-12(14)10-28-17(22)9-20-18(23)11-2-1-3-13(6-11)21(24)25/h1-3,6-8H,4-5,9-10H2,(H,20,23). The maximum Gasteiger partial charge on any atom is 0.325 e. The molecule has 1 aliphatic heterocycles. The smallest absolute Gasteiger partial charge is 0.325 e. The molecule has 9 nitrogen and oxygen atoms in total. The van der Waals surface area contributed by atoms with E-state index in [1.807, 2.05) is 0 Å². The Morgan fingerprint density at radius 1 is 1.18 bits per heavy atom. The van der Waals surface area contributed by atoms with Gasteiger partial charge in [-0.05, 0) is 18.2 Å². The van der Waals surface area contributed by atoms with Crippen LogP contribution in [-0.4, -0.2) is 36.6 Å². The number of halogens is 1. The molecule has 2 aromatic rings. The van der Waals surface area contributed by atoms with Crippen molar-refractivity contribution < 1.29 is 28.7 Å². The van der Waals surface area contributed by atoms with Gasteiger partial charge in [0.1, 0.15) is 26.4 Å². The molecule has 0 aliphatic carbocycles. The number of nitro groups is 1. The van der Waals surface area contributed by atoms with Crippen LogP contribution in [0.1, 0.15) is 15.9 Å². The predicted molar refractivity (Wildman–Crippen MR) is 100 cm³/mol. The van der Waals surface area contributed by atoms with Crippen molar-refractivity contribution in [1.82, 2.24) is 5.32 Å². The highest BCUT2D eigenvalue weighted by atomic mass is 79.9. The zero-order valence-electron chi connectivity index (χ0n) is 14.5. The summed E-state index contributed by atoms with van der Waals surface area (Å²) in [5.41, 5.74) is 0.554. The molecule has 0 radical (unpaired) electrons. The third-order valence-corrected chi connectivity index (χ3v) is 4.55. The highest BCUT2D eigenvalue weighted by Crippen LogP contribution is 2.35. The summed E-state index contributed by atoms with van der Waals surface area (Å²) in [5.74, 6) is -0.0846. The predicted octanol–water partition coefficient (Wildman–Crippen LogP) is 2.60. The first-order valence-electron chi connectivity index (χ1n) is 8.20. The second-order valence-corrected chi connectivity index (χ2v) is 6.59. The quantitative estimate of drug-likeness (QED) is 0.408. The molecule has 0 bridgehead atoms. The van der Waals surface area contributed by atoms with Gasteiger partial charge in [-0.25, -0.2) is 0 Å². The summed E-state index contributed by atoms with van der Waals surface area (Å²) in [6, 6.07) is 8.67. The summed E-state index contributed by atoms with van der Waals surface area (Å²) < 4.78 is 16.8. The van der Waals surface area contributed by atoms with Crippen LogP contribution in [0.15, 0.2) is 40.9 Å². The first kappa shape index (κ1) is 19.6. The van der Waals surface area contributed by atoms with E-state index in [2.05, 4.69) is 21.2 Å². The van der Waals surface area contributed by atoms with Gasteiger partial charge in [-0.3, -0.25) is 19.7 Å². The number of amides is 1. The highest BCUT2D eigenvalue weighted by Gasteiger charge is 2.17. The van der Waals surface area contributed by atoms with Gasteiger partial charge in [0.2, 0.25) is 0 Å². The van der Waals surface area contributed by atoms with E-state index in [1.54, 1.807) is 12.1 Å². The zero-order valence-corrected chi connectivity index (χ0v) is 16.1. The van der Waals surface area contributed by atoms with Gasteiger partial charge in [0.15, 0.2) is 11.5 Å². The van der Waals surface area contributed by atoms with E-state index in [0.29, 0.717) is 34.7 Å². The minimum Gasteiger partial charge on any atom is -0.486 e. The number of nitrogens with zero attached hydrogens (tertiary/aromatic N) is 1. The number of benzene rings is 2. The van der Waals surface area contributed by atoms with Crippen molar-refractivity contribution in [1.29, 1.82) is 0 Å². The summed E-state index contributed by atoms with van der Waals surface area (Å²) in [6.07, 6.45) is 0. The minimum absolute atomic E-state index is 0.0251. The summed E-state index contributed by atoms with van der Waals surface area (Å²) in [4.78, 5) is 34.1. The molecule has 1 aliphatic rings. The monoisotopic (exact) mass is 450 g/mol. The van der Waals surface area contributed by atoms with Crippen LogP contribution in [-0.2, 0) is 16.1 Å². The fraction of sp³-hybridized carbons (Fsp3) is 0.222. The highest BCUT2D eigenvalue weighted by molar-refractivity contribution is 9.10. The molecule has 1 N–H and O–H groups in total. The van der Waals surface area contributed by atoms with Crippen molar-refractivity contribution >= 4 is 33.5 Å². The maximum atomic E-state index is 12.0. The molecular weight excluding hydrogens is 436 g/mol. The van der Waals surface area contributed by atoms with Crippen molar-refractivity contribution in [2.75, 3.05) is 19.8 Å². The molecule has 0 atom stereocenters. The van der Waals surface area contributed by atoms with Gasteiger partial charge in [-0.2, -0.15) is 0 Å². The van der Waals surface area contributed by atoms with Gasteiger partial charge in [-0.1, -0.05) is 22.0 Å². The number of carbonyl (C=O) groups is 2. The SMILES string of the molecule is O=C(CNC(=O)c1cccc([N+](=O)[O-])c1)OCc1cc2c(cc1Br)OCCO2. The minimum atomic E-state index is -0.652. The van der Waals surface area contributed by atoms with Gasteiger partial charge >= 0.3 is 5.97 Å². The Hall–Kier alpha value is -3.14. The molecule has 146 valence electrons. The van der Waals surface area contributed by atoms with Gasteiger partial charge in [0, 0.05) is 27.7 Å². The van der Waals surface area contributed by atoms with Crippen molar-refractivity contribution in [2.24, 2.45) is 0 Å². The number of carbonyl (C=O) groups excluding carboxylic acids is 2. The average molecular weight is 451 g/mol. The lowest BCUT2D eigenvalue weighted by atomic mass is 10.2. The lowest BCUT2D eigenvalue weighted by Crippen LogP contribution is -2.30. The Kier molecular flexibility index (Phi) is 6.09. The van der Waals surface area contributed by atoms with Crippen LogP contribution >= 0.6 is 15.9 Å². The van der Waals surface area contributed by atoms with Crippen molar-refractivity contribution in [3.63, 3.8) is 0 Å². The average Bonchev–Trinajstić information content (AvgIpc) is 2.70. The number of hydrogen-bond donors (Lipinski definition) is 1.